The monoisotopic (exact) mass is 208 g/mol. The number of hydrogen-bond donors (Lipinski definition) is 0. The molecule has 0 aliphatic heterocycles. The number of hydrogen-bond acceptors (Lipinski definition) is 0. The van der Waals surface area contributed by atoms with Crippen molar-refractivity contribution in [3.63, 3.8) is 0 Å². The number of allylic oxidation sites excluding steroid dienone is 2. The quantitative estimate of drug-likeness (QED) is 0.645. The minimum absolute atomic E-state index is 0.491. The molecule has 0 saturated carbocycles. The van der Waals surface area contributed by atoms with E-state index >= 15 is 0 Å². The minimum Gasteiger partial charge on any atom is -0.207 e. The molecule has 2 heteroatoms. The zero-order chi connectivity index (χ0) is 10.7. The van der Waals surface area contributed by atoms with E-state index in [1.807, 2.05) is 0 Å². The van der Waals surface area contributed by atoms with Crippen LogP contribution in [-0.4, -0.2) is 0 Å². The van der Waals surface area contributed by atoms with Crippen LogP contribution in [0.4, 0.5) is 8.78 Å². The van der Waals surface area contributed by atoms with E-state index in [1.54, 1.807) is 0 Å². The lowest BCUT2D eigenvalue weighted by Gasteiger charge is -2.05. The molecule has 0 saturated heterocycles. The van der Waals surface area contributed by atoms with E-state index in [2.05, 4.69) is 6.08 Å². The Balaban J connectivity index is 2.31. The van der Waals surface area contributed by atoms with Crippen LogP contribution < -0.4 is 0 Å². The van der Waals surface area contributed by atoms with E-state index in [9.17, 15) is 8.78 Å². The van der Waals surface area contributed by atoms with E-state index in [0.29, 0.717) is 5.56 Å². The molecule has 0 unspecified atom stereocenters. The van der Waals surface area contributed by atoms with Gasteiger partial charge in [-0.1, -0.05) is 12.5 Å². The molecule has 0 N–H and O–H groups in total. The van der Waals surface area contributed by atoms with Crippen molar-refractivity contribution in [1.29, 1.82) is 0 Å². The molecule has 80 valence electrons. The normalized spacial score (nSPS) is 17.1. The first-order valence-electron chi connectivity index (χ1n) is 5.41. The summed E-state index contributed by atoms with van der Waals surface area (Å²) in [5.41, 5.74) is 1.79. The summed E-state index contributed by atoms with van der Waals surface area (Å²) in [6, 6.07) is 3.75. The Hall–Kier alpha value is -1.18. The molecule has 0 radical (unpaired) electrons. The largest absolute Gasteiger partial charge is 0.207 e. The molecule has 0 bridgehead atoms. The van der Waals surface area contributed by atoms with Crippen LogP contribution in [0.15, 0.2) is 24.3 Å². The van der Waals surface area contributed by atoms with Crippen LogP contribution in [0.1, 0.15) is 37.7 Å². The zero-order valence-corrected chi connectivity index (χ0v) is 8.60. The molecule has 0 heterocycles. The maximum absolute atomic E-state index is 13.0. The van der Waals surface area contributed by atoms with Gasteiger partial charge in [0.25, 0.3) is 0 Å². The third-order valence-electron chi connectivity index (χ3n) is 2.77. The fourth-order valence-corrected chi connectivity index (χ4v) is 2.02. The summed E-state index contributed by atoms with van der Waals surface area (Å²) in [6.45, 7) is 0. The molecule has 0 aromatic heterocycles. The molecule has 0 nitrogen and oxygen atoms in total. The summed E-state index contributed by atoms with van der Waals surface area (Å²) < 4.78 is 26.0. The van der Waals surface area contributed by atoms with Gasteiger partial charge < -0.3 is 0 Å². The van der Waals surface area contributed by atoms with Gasteiger partial charge in [-0.2, -0.15) is 0 Å². The second-order valence-corrected chi connectivity index (χ2v) is 3.99. The van der Waals surface area contributed by atoms with Crippen LogP contribution in [0.5, 0.6) is 0 Å². The Morgan fingerprint density at radius 1 is 0.867 bits per heavy atom. The van der Waals surface area contributed by atoms with E-state index < -0.39 is 11.6 Å². The molecule has 1 aromatic carbocycles. The van der Waals surface area contributed by atoms with Gasteiger partial charge in [0, 0.05) is 6.07 Å². The fourth-order valence-electron chi connectivity index (χ4n) is 2.02. The third-order valence-corrected chi connectivity index (χ3v) is 2.77. The van der Waals surface area contributed by atoms with Crippen molar-refractivity contribution >= 4 is 5.57 Å². The van der Waals surface area contributed by atoms with Crippen molar-refractivity contribution in [3.05, 3.63) is 41.5 Å². The number of benzene rings is 1. The molecule has 1 aliphatic rings. The van der Waals surface area contributed by atoms with E-state index in [0.717, 1.165) is 30.9 Å². The second kappa shape index (κ2) is 4.56. The molecule has 1 aliphatic carbocycles. The van der Waals surface area contributed by atoms with Gasteiger partial charge in [-0.05, 0) is 49.0 Å². The van der Waals surface area contributed by atoms with Gasteiger partial charge in [0.05, 0.1) is 0 Å². The third kappa shape index (κ3) is 2.65. The first-order valence-corrected chi connectivity index (χ1v) is 5.41. The summed E-state index contributed by atoms with van der Waals surface area (Å²) in [5, 5.41) is 0. The van der Waals surface area contributed by atoms with Gasteiger partial charge in [0.15, 0.2) is 0 Å². The highest BCUT2D eigenvalue weighted by molar-refractivity contribution is 5.65. The number of halogens is 2. The van der Waals surface area contributed by atoms with Crippen LogP contribution in [0.25, 0.3) is 5.57 Å². The van der Waals surface area contributed by atoms with Gasteiger partial charge in [0.2, 0.25) is 0 Å². The summed E-state index contributed by atoms with van der Waals surface area (Å²) >= 11 is 0. The average Bonchev–Trinajstić information content (AvgIpc) is 2.43. The maximum atomic E-state index is 13.0. The van der Waals surface area contributed by atoms with Gasteiger partial charge in [-0.3, -0.25) is 0 Å². The maximum Gasteiger partial charge on any atom is 0.126 e. The standard InChI is InChI=1S/C13H14F2/c14-12-7-11(8-13(15)9-12)10-5-3-1-2-4-6-10/h5,7-9H,1-4,6H2. The zero-order valence-electron chi connectivity index (χ0n) is 8.60. The van der Waals surface area contributed by atoms with Gasteiger partial charge in [-0.25, -0.2) is 8.78 Å². The molecule has 1 aromatic rings. The lowest BCUT2D eigenvalue weighted by molar-refractivity contribution is 0.582. The van der Waals surface area contributed by atoms with Crippen LogP contribution in [0.3, 0.4) is 0 Å². The van der Waals surface area contributed by atoms with Crippen molar-refractivity contribution in [2.75, 3.05) is 0 Å². The highest BCUT2D eigenvalue weighted by Gasteiger charge is 2.07. The Morgan fingerprint density at radius 3 is 2.33 bits per heavy atom. The lowest BCUT2D eigenvalue weighted by atomic mass is 10.0. The van der Waals surface area contributed by atoms with Crippen LogP contribution in [-0.2, 0) is 0 Å². The van der Waals surface area contributed by atoms with Crippen molar-refractivity contribution in [3.8, 4) is 0 Å². The highest BCUT2D eigenvalue weighted by Crippen LogP contribution is 2.26. The van der Waals surface area contributed by atoms with Crippen molar-refractivity contribution in [1.82, 2.24) is 0 Å². The summed E-state index contributed by atoms with van der Waals surface area (Å²) in [5.74, 6) is -0.981. The van der Waals surface area contributed by atoms with Crippen LogP contribution >= 0.6 is 0 Å². The molecule has 0 atom stereocenters. The van der Waals surface area contributed by atoms with E-state index in [1.165, 1.54) is 25.0 Å². The van der Waals surface area contributed by atoms with Crippen molar-refractivity contribution in [2.24, 2.45) is 0 Å². The van der Waals surface area contributed by atoms with Crippen LogP contribution in [0.2, 0.25) is 0 Å². The van der Waals surface area contributed by atoms with Gasteiger partial charge in [-0.15, -0.1) is 0 Å². The average molecular weight is 208 g/mol. The Kier molecular flexibility index (Phi) is 3.14. The summed E-state index contributed by atoms with van der Waals surface area (Å²) in [7, 11) is 0. The van der Waals surface area contributed by atoms with E-state index in [4.69, 9.17) is 0 Å². The Labute approximate surface area is 88.6 Å². The first kappa shape index (κ1) is 10.3. The van der Waals surface area contributed by atoms with Crippen LogP contribution in [0, 0.1) is 11.6 Å². The SMILES string of the molecule is Fc1cc(F)cc(C2=CCCCCC2)c1. The number of rotatable bonds is 1. The molecular formula is C13H14F2. The predicted molar refractivity (Wildman–Crippen MR) is 57.4 cm³/mol. The van der Waals surface area contributed by atoms with Gasteiger partial charge in [0.1, 0.15) is 11.6 Å². The first-order chi connectivity index (χ1) is 7.25. The smallest absolute Gasteiger partial charge is 0.126 e. The molecule has 0 spiro atoms. The Morgan fingerprint density at radius 2 is 1.60 bits per heavy atom. The van der Waals surface area contributed by atoms with Crippen molar-refractivity contribution < 1.29 is 8.78 Å². The summed E-state index contributed by atoms with van der Waals surface area (Å²) in [4.78, 5) is 0. The fraction of sp³-hybridized carbons (Fsp3) is 0.385. The summed E-state index contributed by atoms with van der Waals surface area (Å²) in [6.07, 6.45) is 7.57. The molecule has 15 heavy (non-hydrogen) atoms. The van der Waals surface area contributed by atoms with Gasteiger partial charge >= 0.3 is 0 Å². The lowest BCUT2D eigenvalue weighted by Crippen LogP contribution is -1.88. The molecule has 2 rings (SSSR count). The molecule has 0 amide bonds. The predicted octanol–water partition coefficient (Wildman–Crippen LogP) is 4.31. The molecular weight excluding hydrogens is 194 g/mol. The molecule has 0 fully saturated rings. The highest BCUT2D eigenvalue weighted by atomic mass is 19.1. The second-order valence-electron chi connectivity index (χ2n) is 3.99. The minimum atomic E-state index is -0.491. The van der Waals surface area contributed by atoms with Crippen molar-refractivity contribution in [2.45, 2.75) is 32.1 Å². The topological polar surface area (TPSA) is 0 Å². The Bertz CT molecular complexity index is 360. The van der Waals surface area contributed by atoms with E-state index in [-0.39, 0.29) is 0 Å².